The molecule has 0 radical (unpaired) electrons. The minimum absolute atomic E-state index is 0.0422. The summed E-state index contributed by atoms with van der Waals surface area (Å²) in [6.07, 6.45) is 2.02. The zero-order valence-electron chi connectivity index (χ0n) is 16.5. The highest BCUT2D eigenvalue weighted by atomic mass is 32.2. The normalized spacial score (nSPS) is 14.1. The van der Waals surface area contributed by atoms with Gasteiger partial charge < -0.3 is 4.74 Å². The molecule has 2 heterocycles. The van der Waals surface area contributed by atoms with E-state index in [0.29, 0.717) is 18.1 Å². The minimum atomic E-state index is 0.0422. The molecular weight excluding hydrogens is 360 g/mol. The summed E-state index contributed by atoms with van der Waals surface area (Å²) in [5, 5.41) is 10.8. The maximum absolute atomic E-state index is 12.4. The molecule has 27 heavy (non-hydrogen) atoms. The predicted octanol–water partition coefficient (Wildman–Crippen LogP) is 3.69. The number of amides is 1. The van der Waals surface area contributed by atoms with Crippen molar-refractivity contribution in [2.75, 3.05) is 17.3 Å². The van der Waals surface area contributed by atoms with Crippen molar-refractivity contribution in [2.24, 2.45) is 0 Å². The van der Waals surface area contributed by atoms with Crippen molar-refractivity contribution < 1.29 is 9.53 Å². The Morgan fingerprint density at radius 2 is 1.93 bits per heavy atom. The number of carbonyl (C=O) groups excluding carboxylic acids is 1. The molecule has 0 fully saturated rings. The van der Waals surface area contributed by atoms with Gasteiger partial charge in [0.1, 0.15) is 12.4 Å². The number of aromatic nitrogens is 3. The maximum atomic E-state index is 12.4. The van der Waals surface area contributed by atoms with Gasteiger partial charge in [0.2, 0.25) is 5.16 Å². The average Bonchev–Trinajstić information content (AvgIpc) is 3.02. The van der Waals surface area contributed by atoms with Crippen LogP contribution in [0.25, 0.3) is 0 Å². The van der Waals surface area contributed by atoms with Gasteiger partial charge in [-0.1, -0.05) is 56.3 Å². The van der Waals surface area contributed by atoms with E-state index in [4.69, 9.17) is 4.74 Å². The number of carbonyl (C=O) groups is 1. The second kappa shape index (κ2) is 7.76. The third-order valence-electron chi connectivity index (χ3n) is 4.29. The summed E-state index contributed by atoms with van der Waals surface area (Å²) in [7, 11) is 0. The molecular formula is C20H26N4O2S. The second-order valence-electron chi connectivity index (χ2n) is 7.82. The van der Waals surface area contributed by atoms with E-state index in [-0.39, 0.29) is 17.9 Å². The van der Waals surface area contributed by atoms with E-state index in [1.54, 1.807) is 9.69 Å². The molecule has 0 N–H and O–H groups in total. The Hall–Kier alpha value is -2.28. The monoisotopic (exact) mass is 386 g/mol. The standard InChI is InChI=1S/C20H26N4O2S/c1-14(2)10-11-23-18(25)13-27-19-22-21-17(24(19)23)12-26-16-8-6-15(7-9-16)20(3,4)5/h6-10H,11-13H2,1-5H3. The van der Waals surface area contributed by atoms with Gasteiger partial charge in [-0.05, 0) is 37.0 Å². The van der Waals surface area contributed by atoms with Crippen LogP contribution < -0.4 is 9.75 Å². The summed E-state index contributed by atoms with van der Waals surface area (Å²) in [5.41, 5.74) is 2.52. The topological polar surface area (TPSA) is 60.3 Å². The van der Waals surface area contributed by atoms with Crippen molar-refractivity contribution >= 4 is 17.7 Å². The summed E-state index contributed by atoms with van der Waals surface area (Å²) in [6.45, 7) is 11.3. The van der Waals surface area contributed by atoms with Gasteiger partial charge in [-0.3, -0.25) is 4.79 Å². The smallest absolute Gasteiger partial charge is 0.252 e. The van der Waals surface area contributed by atoms with Crippen LogP contribution in [0.5, 0.6) is 5.75 Å². The van der Waals surface area contributed by atoms with Crippen LogP contribution in [0, 0.1) is 0 Å². The Bertz CT molecular complexity index is 846. The minimum Gasteiger partial charge on any atom is -0.486 e. The first-order chi connectivity index (χ1) is 12.8. The van der Waals surface area contributed by atoms with Crippen molar-refractivity contribution in [3.63, 3.8) is 0 Å². The highest BCUT2D eigenvalue weighted by Gasteiger charge is 2.28. The van der Waals surface area contributed by atoms with E-state index in [2.05, 4.69) is 43.1 Å². The van der Waals surface area contributed by atoms with E-state index >= 15 is 0 Å². The molecule has 0 unspecified atom stereocenters. The summed E-state index contributed by atoms with van der Waals surface area (Å²) in [5.74, 6) is 1.81. The first kappa shape index (κ1) is 19.5. The van der Waals surface area contributed by atoms with Gasteiger partial charge in [-0.15, -0.1) is 10.2 Å². The molecule has 144 valence electrons. The molecule has 0 atom stereocenters. The fourth-order valence-electron chi connectivity index (χ4n) is 2.68. The maximum Gasteiger partial charge on any atom is 0.252 e. The molecule has 0 spiro atoms. The molecule has 0 bridgehead atoms. The Kier molecular flexibility index (Phi) is 5.60. The van der Waals surface area contributed by atoms with Crippen LogP contribution in [0.1, 0.15) is 46.0 Å². The Labute approximate surface area is 164 Å². The van der Waals surface area contributed by atoms with Crippen molar-refractivity contribution in [3.05, 3.63) is 47.3 Å². The van der Waals surface area contributed by atoms with Crippen LogP contribution >= 0.6 is 11.8 Å². The van der Waals surface area contributed by atoms with Gasteiger partial charge in [0, 0.05) is 0 Å². The van der Waals surface area contributed by atoms with E-state index in [1.165, 1.54) is 17.3 Å². The van der Waals surface area contributed by atoms with E-state index in [0.717, 1.165) is 16.5 Å². The van der Waals surface area contributed by atoms with Gasteiger partial charge in [-0.25, -0.2) is 9.69 Å². The summed E-state index contributed by atoms with van der Waals surface area (Å²) < 4.78 is 7.68. The number of hydrogen-bond donors (Lipinski definition) is 0. The molecule has 0 aliphatic carbocycles. The van der Waals surface area contributed by atoms with Crippen LogP contribution in [0.3, 0.4) is 0 Å². The van der Waals surface area contributed by atoms with E-state index < -0.39 is 0 Å². The lowest BCUT2D eigenvalue weighted by molar-refractivity contribution is -0.117. The van der Waals surface area contributed by atoms with Crippen molar-refractivity contribution in [1.29, 1.82) is 0 Å². The Balaban J connectivity index is 1.76. The van der Waals surface area contributed by atoms with Gasteiger partial charge >= 0.3 is 0 Å². The quantitative estimate of drug-likeness (QED) is 0.734. The van der Waals surface area contributed by atoms with Crippen LogP contribution in [-0.2, 0) is 16.8 Å². The fourth-order valence-corrected chi connectivity index (χ4v) is 3.51. The molecule has 1 aliphatic rings. The third-order valence-corrected chi connectivity index (χ3v) is 5.20. The number of fused-ring (bicyclic) bond motifs is 1. The van der Waals surface area contributed by atoms with Crippen LogP contribution in [0.15, 0.2) is 41.1 Å². The van der Waals surface area contributed by atoms with Crippen molar-refractivity contribution in [3.8, 4) is 5.75 Å². The molecule has 1 amide bonds. The molecule has 7 heteroatoms. The zero-order chi connectivity index (χ0) is 19.6. The van der Waals surface area contributed by atoms with Gasteiger partial charge in [-0.2, -0.15) is 0 Å². The number of hydrogen-bond acceptors (Lipinski definition) is 5. The lowest BCUT2D eigenvalue weighted by atomic mass is 9.87. The molecule has 1 aromatic carbocycles. The molecule has 2 aromatic rings. The molecule has 1 aromatic heterocycles. The molecule has 3 rings (SSSR count). The fraction of sp³-hybridized carbons (Fsp3) is 0.450. The molecule has 0 saturated heterocycles. The predicted molar refractivity (Wildman–Crippen MR) is 108 cm³/mol. The molecule has 0 saturated carbocycles. The molecule has 1 aliphatic heterocycles. The number of benzene rings is 1. The molecule has 6 nitrogen and oxygen atoms in total. The van der Waals surface area contributed by atoms with Gasteiger partial charge in [0.15, 0.2) is 5.82 Å². The number of allylic oxidation sites excluding steroid dienone is 1. The lowest BCUT2D eigenvalue weighted by Crippen LogP contribution is -2.46. The van der Waals surface area contributed by atoms with Crippen LogP contribution in [0.2, 0.25) is 0 Å². The number of ether oxygens (including phenoxy) is 1. The summed E-state index contributed by atoms with van der Waals surface area (Å²) in [6, 6.07) is 8.09. The van der Waals surface area contributed by atoms with Crippen LogP contribution in [0.4, 0.5) is 0 Å². The zero-order valence-corrected chi connectivity index (χ0v) is 17.3. The van der Waals surface area contributed by atoms with Crippen LogP contribution in [-0.4, -0.2) is 33.1 Å². The van der Waals surface area contributed by atoms with Gasteiger partial charge in [0.05, 0.1) is 12.3 Å². The highest BCUT2D eigenvalue weighted by molar-refractivity contribution is 7.99. The first-order valence-electron chi connectivity index (χ1n) is 9.00. The van der Waals surface area contributed by atoms with E-state index in [9.17, 15) is 4.79 Å². The number of thioether (sulfide) groups is 1. The summed E-state index contributed by atoms with van der Waals surface area (Å²) in [4.78, 5) is 12.4. The third kappa shape index (κ3) is 4.53. The lowest BCUT2D eigenvalue weighted by Gasteiger charge is -2.28. The highest BCUT2D eigenvalue weighted by Crippen LogP contribution is 2.26. The largest absolute Gasteiger partial charge is 0.486 e. The first-order valence-corrected chi connectivity index (χ1v) is 9.98. The van der Waals surface area contributed by atoms with E-state index in [1.807, 2.05) is 32.1 Å². The SMILES string of the molecule is CC(C)=CCN1C(=O)CSc2nnc(COc3ccc(C(C)(C)C)cc3)n21. The van der Waals surface area contributed by atoms with Crippen molar-refractivity contribution in [2.45, 2.75) is 51.8 Å². The Morgan fingerprint density at radius 3 is 2.56 bits per heavy atom. The Morgan fingerprint density at radius 1 is 1.22 bits per heavy atom. The summed E-state index contributed by atoms with van der Waals surface area (Å²) >= 11 is 1.40. The van der Waals surface area contributed by atoms with Gasteiger partial charge in [0.25, 0.3) is 5.91 Å². The number of rotatable bonds is 5. The second-order valence-corrected chi connectivity index (χ2v) is 8.76. The average molecular weight is 387 g/mol. The van der Waals surface area contributed by atoms with Crippen molar-refractivity contribution in [1.82, 2.24) is 14.9 Å². The number of nitrogens with zero attached hydrogens (tertiary/aromatic N) is 4.